The topological polar surface area (TPSA) is 0 Å². The molecule has 0 bridgehead atoms. The van der Waals surface area contributed by atoms with Crippen LogP contribution in [-0.4, -0.2) is 0 Å². The molecule has 0 N–H and O–H groups in total. The van der Waals surface area contributed by atoms with Crippen LogP contribution in [0.4, 0.5) is 0 Å². The van der Waals surface area contributed by atoms with Gasteiger partial charge in [0.05, 0.1) is 0 Å². The van der Waals surface area contributed by atoms with E-state index in [0.29, 0.717) is 0 Å². The molecule has 101 valence electrons. The van der Waals surface area contributed by atoms with Crippen LogP contribution in [0, 0.1) is 34.1 Å². The molecule has 0 atom stereocenters. The van der Waals surface area contributed by atoms with E-state index in [0.717, 1.165) is 0 Å². The molecule has 1 radical (unpaired) electrons. The molecule has 2 aromatic carbocycles. The molecule has 0 saturated heterocycles. The minimum Gasteiger partial charge on any atom is -0.0642 e. The fraction of sp³-hybridized carbons (Fsp3) is 0.250. The molecule has 0 heterocycles. The Morgan fingerprint density at radius 2 is 1.40 bits per heavy atom. The van der Waals surface area contributed by atoms with Gasteiger partial charge in [-0.2, -0.15) is 0 Å². The van der Waals surface area contributed by atoms with E-state index in [1.54, 1.807) is 0 Å². The zero-order valence-electron chi connectivity index (χ0n) is 13.0. The average Bonchev–Trinajstić information content (AvgIpc) is 2.78. The molecule has 3 rings (SSSR count). The van der Waals surface area contributed by atoms with Crippen LogP contribution in [0.1, 0.15) is 40.3 Å². The summed E-state index contributed by atoms with van der Waals surface area (Å²) in [5.41, 5.74) is 12.4. The molecule has 0 aromatic heterocycles. The first-order valence-corrected chi connectivity index (χ1v) is 7.23. The number of fused-ring (bicyclic) bond motifs is 1. The maximum atomic E-state index is 2.31. The van der Waals surface area contributed by atoms with Crippen molar-refractivity contribution >= 4 is 6.08 Å². The molecule has 0 unspecified atom stereocenters. The first kappa shape index (κ1) is 13.2. The Bertz CT molecular complexity index is 730. The molecule has 1 aliphatic rings. The van der Waals surface area contributed by atoms with Crippen molar-refractivity contribution in [3.63, 3.8) is 0 Å². The summed E-state index contributed by atoms with van der Waals surface area (Å²) in [6, 6.07) is 9.00. The summed E-state index contributed by atoms with van der Waals surface area (Å²) < 4.78 is 0. The van der Waals surface area contributed by atoms with Crippen LogP contribution in [0.3, 0.4) is 0 Å². The van der Waals surface area contributed by atoms with Crippen LogP contribution in [0.25, 0.3) is 17.2 Å². The summed E-state index contributed by atoms with van der Waals surface area (Å²) >= 11 is 0. The first-order valence-electron chi connectivity index (χ1n) is 7.23. The summed E-state index contributed by atoms with van der Waals surface area (Å²) in [6.45, 7) is 11.0. The van der Waals surface area contributed by atoms with E-state index >= 15 is 0 Å². The predicted molar refractivity (Wildman–Crippen MR) is 87.9 cm³/mol. The van der Waals surface area contributed by atoms with Crippen molar-refractivity contribution in [2.24, 2.45) is 0 Å². The highest BCUT2D eigenvalue weighted by Gasteiger charge is 2.18. The molecule has 0 nitrogen and oxygen atoms in total. The Balaban J connectivity index is 2.32. The van der Waals surface area contributed by atoms with E-state index in [1.807, 2.05) is 0 Å². The molecule has 0 aliphatic heterocycles. The van der Waals surface area contributed by atoms with Gasteiger partial charge in [0.15, 0.2) is 0 Å². The Hall–Kier alpha value is -1.82. The highest BCUT2D eigenvalue weighted by molar-refractivity contribution is 5.86. The molecule has 1 aliphatic carbocycles. The lowest BCUT2D eigenvalue weighted by Gasteiger charge is -2.17. The Morgan fingerprint density at radius 1 is 0.700 bits per heavy atom. The minimum atomic E-state index is 1.34. The lowest BCUT2D eigenvalue weighted by atomic mass is 9.88. The second kappa shape index (κ2) is 4.63. The van der Waals surface area contributed by atoms with Gasteiger partial charge >= 0.3 is 0 Å². The summed E-state index contributed by atoms with van der Waals surface area (Å²) in [4.78, 5) is 0. The van der Waals surface area contributed by atoms with Crippen LogP contribution >= 0.6 is 0 Å². The third-order valence-corrected chi connectivity index (χ3v) is 4.57. The van der Waals surface area contributed by atoms with Crippen molar-refractivity contribution < 1.29 is 0 Å². The maximum Gasteiger partial charge on any atom is 0.0161 e. The molecule has 2 aromatic rings. The Kier molecular flexibility index (Phi) is 3.05. The van der Waals surface area contributed by atoms with Gasteiger partial charge in [0.2, 0.25) is 0 Å². The van der Waals surface area contributed by atoms with Crippen LogP contribution in [-0.2, 0) is 0 Å². The van der Waals surface area contributed by atoms with Gasteiger partial charge < -0.3 is 0 Å². The maximum absolute atomic E-state index is 2.31. The van der Waals surface area contributed by atoms with E-state index in [1.165, 1.54) is 50.1 Å². The predicted octanol–water partition coefficient (Wildman–Crippen LogP) is 5.56. The number of rotatable bonds is 1. The van der Waals surface area contributed by atoms with Gasteiger partial charge in [-0.25, -0.2) is 0 Å². The van der Waals surface area contributed by atoms with Crippen LogP contribution in [0.5, 0.6) is 0 Å². The third-order valence-electron chi connectivity index (χ3n) is 4.57. The molecule has 20 heavy (non-hydrogen) atoms. The molecule has 0 amide bonds. The fourth-order valence-corrected chi connectivity index (χ4v) is 3.13. The van der Waals surface area contributed by atoms with Gasteiger partial charge in [-0.3, -0.25) is 0 Å². The lowest BCUT2D eigenvalue weighted by Crippen LogP contribution is -1.96. The molecular formula is C20H21. The van der Waals surface area contributed by atoms with Crippen molar-refractivity contribution in [2.75, 3.05) is 0 Å². The summed E-state index contributed by atoms with van der Waals surface area (Å²) in [5, 5.41) is 0. The Labute approximate surface area is 122 Å². The fourth-order valence-electron chi connectivity index (χ4n) is 3.13. The zero-order chi connectivity index (χ0) is 14.4. The van der Waals surface area contributed by atoms with Crippen LogP contribution < -0.4 is 0 Å². The number of benzene rings is 2. The van der Waals surface area contributed by atoms with Gasteiger partial charge in [0.25, 0.3) is 0 Å². The van der Waals surface area contributed by atoms with E-state index in [4.69, 9.17) is 0 Å². The van der Waals surface area contributed by atoms with Gasteiger partial charge in [-0.1, -0.05) is 35.9 Å². The number of hydrogen-bond acceptors (Lipinski definition) is 0. The normalized spacial score (nSPS) is 13.3. The summed E-state index contributed by atoms with van der Waals surface area (Å²) in [6.07, 6.45) is 4.58. The monoisotopic (exact) mass is 261 g/mol. The van der Waals surface area contributed by atoms with Gasteiger partial charge in [0, 0.05) is 6.42 Å². The standard InChI is InChI=1S/C20H21/c1-12-10-17-8-6-14(3)20(19(17)11-12)18-9-7-13(2)15(4)16(18)5/h6-11H,1-5H3. The zero-order valence-corrected chi connectivity index (χ0v) is 13.0. The third kappa shape index (κ3) is 1.91. The van der Waals surface area contributed by atoms with Crippen molar-refractivity contribution in [1.82, 2.24) is 0 Å². The average molecular weight is 261 g/mol. The smallest absolute Gasteiger partial charge is 0.0161 e. The van der Waals surface area contributed by atoms with Gasteiger partial charge in [-0.15, -0.1) is 0 Å². The highest BCUT2D eigenvalue weighted by atomic mass is 14.2. The summed E-state index contributed by atoms with van der Waals surface area (Å²) in [7, 11) is 0. The van der Waals surface area contributed by atoms with Crippen molar-refractivity contribution in [2.45, 2.75) is 34.6 Å². The highest BCUT2D eigenvalue weighted by Crippen LogP contribution is 2.39. The Morgan fingerprint density at radius 3 is 2.15 bits per heavy atom. The molecule has 0 heteroatoms. The largest absolute Gasteiger partial charge is 0.0642 e. The second-order valence-electron chi connectivity index (χ2n) is 5.97. The number of hydrogen-bond donors (Lipinski definition) is 0. The van der Waals surface area contributed by atoms with Gasteiger partial charge in [0.1, 0.15) is 0 Å². The molecule has 0 spiro atoms. The number of aryl methyl sites for hydroxylation is 2. The van der Waals surface area contributed by atoms with Crippen LogP contribution in [0.15, 0.2) is 29.8 Å². The van der Waals surface area contributed by atoms with Crippen molar-refractivity contribution in [3.8, 4) is 11.1 Å². The lowest BCUT2D eigenvalue weighted by molar-refractivity contribution is 1.26. The van der Waals surface area contributed by atoms with E-state index in [9.17, 15) is 0 Å². The SMILES string of the molecule is CC1=Cc2c(ccc(C)c2-c2ccc(C)c(C)c2C)[CH]1. The molecule has 0 saturated carbocycles. The van der Waals surface area contributed by atoms with Crippen molar-refractivity contribution in [1.29, 1.82) is 0 Å². The second-order valence-corrected chi connectivity index (χ2v) is 5.97. The van der Waals surface area contributed by atoms with Gasteiger partial charge in [-0.05, 0) is 79.1 Å². The van der Waals surface area contributed by atoms with Crippen LogP contribution in [0.2, 0.25) is 0 Å². The van der Waals surface area contributed by atoms with E-state index in [2.05, 4.69) is 71.4 Å². The van der Waals surface area contributed by atoms with Crippen molar-refractivity contribution in [3.05, 3.63) is 69.6 Å². The number of allylic oxidation sites excluding steroid dienone is 1. The molecular weight excluding hydrogens is 240 g/mol. The first-order chi connectivity index (χ1) is 9.49. The van der Waals surface area contributed by atoms with E-state index < -0.39 is 0 Å². The van der Waals surface area contributed by atoms with E-state index in [-0.39, 0.29) is 0 Å². The minimum absolute atomic E-state index is 1.34. The molecule has 0 fully saturated rings. The quantitative estimate of drug-likeness (QED) is 0.630. The summed E-state index contributed by atoms with van der Waals surface area (Å²) in [5.74, 6) is 0.